The molecule has 2 heterocycles. The summed E-state index contributed by atoms with van der Waals surface area (Å²) in [4.78, 5) is 12.5. The molecule has 2 aliphatic rings. The number of nitrogens with zero attached hydrogens (tertiary/aromatic N) is 1. The number of nitrogens with one attached hydrogen (secondary N) is 1. The third kappa shape index (κ3) is 3.74. The summed E-state index contributed by atoms with van der Waals surface area (Å²) >= 11 is 0. The number of ether oxygens (including phenoxy) is 2. The SMILES string of the molecule is CCCCNC(=O)[C@@H]1CCCN1S(=O)(=O)c1ccc2c(c1)OCCO2. The van der Waals surface area contributed by atoms with Gasteiger partial charge in [0, 0.05) is 19.2 Å². The summed E-state index contributed by atoms with van der Waals surface area (Å²) in [5.74, 6) is 0.753. The highest BCUT2D eigenvalue weighted by atomic mass is 32.2. The molecule has 1 aromatic rings. The van der Waals surface area contributed by atoms with Crippen molar-refractivity contribution in [2.75, 3.05) is 26.3 Å². The fourth-order valence-electron chi connectivity index (χ4n) is 3.12. The minimum absolute atomic E-state index is 0.130. The van der Waals surface area contributed by atoms with Crippen LogP contribution in [0.2, 0.25) is 0 Å². The molecule has 1 amide bonds. The Balaban J connectivity index is 1.80. The standard InChI is InChI=1S/C17H24N2O5S/c1-2-3-8-18-17(20)14-5-4-9-19(14)25(21,22)13-6-7-15-16(12-13)24-11-10-23-15/h6-7,12,14H,2-5,8-11H2,1H3,(H,18,20)/t14-/m0/s1. The molecule has 0 radical (unpaired) electrons. The minimum Gasteiger partial charge on any atom is -0.486 e. The molecule has 0 spiro atoms. The Labute approximate surface area is 148 Å². The van der Waals surface area contributed by atoms with Gasteiger partial charge in [0.05, 0.1) is 4.90 Å². The molecule has 138 valence electrons. The van der Waals surface area contributed by atoms with Crippen LogP contribution in [0.15, 0.2) is 23.1 Å². The number of hydrogen-bond donors (Lipinski definition) is 1. The highest BCUT2D eigenvalue weighted by Crippen LogP contribution is 2.34. The van der Waals surface area contributed by atoms with E-state index < -0.39 is 16.1 Å². The first kappa shape index (κ1) is 18.0. The molecule has 3 rings (SSSR count). The summed E-state index contributed by atoms with van der Waals surface area (Å²) in [6.45, 7) is 3.81. The summed E-state index contributed by atoms with van der Waals surface area (Å²) in [7, 11) is -3.76. The van der Waals surface area contributed by atoms with Crippen LogP contribution in [0.1, 0.15) is 32.6 Å². The van der Waals surface area contributed by atoms with E-state index in [9.17, 15) is 13.2 Å². The molecule has 1 N–H and O–H groups in total. The lowest BCUT2D eigenvalue weighted by atomic mass is 10.2. The molecule has 7 nitrogen and oxygen atoms in total. The smallest absolute Gasteiger partial charge is 0.243 e. The molecule has 0 unspecified atom stereocenters. The van der Waals surface area contributed by atoms with Crippen molar-refractivity contribution in [3.63, 3.8) is 0 Å². The number of amides is 1. The van der Waals surface area contributed by atoms with Crippen molar-refractivity contribution in [3.05, 3.63) is 18.2 Å². The molecule has 1 aromatic carbocycles. The monoisotopic (exact) mass is 368 g/mol. The predicted molar refractivity (Wildman–Crippen MR) is 92.3 cm³/mol. The fourth-order valence-corrected chi connectivity index (χ4v) is 4.79. The van der Waals surface area contributed by atoms with Gasteiger partial charge in [-0.1, -0.05) is 13.3 Å². The molecule has 1 fully saturated rings. The van der Waals surface area contributed by atoms with E-state index >= 15 is 0 Å². The first-order valence-electron chi connectivity index (χ1n) is 8.73. The van der Waals surface area contributed by atoms with Gasteiger partial charge in [0.1, 0.15) is 19.3 Å². The molecular formula is C17H24N2O5S. The molecular weight excluding hydrogens is 344 g/mol. The van der Waals surface area contributed by atoms with E-state index in [-0.39, 0.29) is 10.8 Å². The summed E-state index contributed by atoms with van der Waals surface area (Å²) in [5, 5.41) is 2.84. The van der Waals surface area contributed by atoms with Crippen molar-refractivity contribution < 1.29 is 22.7 Å². The van der Waals surface area contributed by atoms with Crippen LogP contribution in [-0.4, -0.2) is 51.0 Å². The quantitative estimate of drug-likeness (QED) is 0.770. The van der Waals surface area contributed by atoms with Crippen molar-refractivity contribution in [1.29, 1.82) is 0 Å². The number of benzene rings is 1. The molecule has 0 aromatic heterocycles. The maximum atomic E-state index is 13.0. The summed E-state index contributed by atoms with van der Waals surface area (Å²) in [5.41, 5.74) is 0. The van der Waals surface area contributed by atoms with E-state index in [0.717, 1.165) is 12.8 Å². The number of rotatable bonds is 6. The molecule has 0 saturated carbocycles. The van der Waals surface area contributed by atoms with E-state index in [1.807, 2.05) is 6.92 Å². The summed E-state index contributed by atoms with van der Waals surface area (Å²) in [6.07, 6.45) is 3.08. The van der Waals surface area contributed by atoms with E-state index in [0.29, 0.717) is 50.6 Å². The molecule has 8 heteroatoms. The molecule has 2 aliphatic heterocycles. The maximum Gasteiger partial charge on any atom is 0.243 e. The van der Waals surface area contributed by atoms with E-state index in [1.165, 1.54) is 16.4 Å². The highest BCUT2D eigenvalue weighted by Gasteiger charge is 2.39. The molecule has 0 bridgehead atoms. The number of hydrogen-bond acceptors (Lipinski definition) is 5. The Bertz CT molecular complexity index is 735. The second kappa shape index (κ2) is 7.61. The van der Waals surface area contributed by atoms with Crippen LogP contribution in [0.25, 0.3) is 0 Å². The average Bonchev–Trinajstić information content (AvgIpc) is 3.12. The fraction of sp³-hybridized carbons (Fsp3) is 0.588. The summed E-state index contributed by atoms with van der Waals surface area (Å²) in [6, 6.07) is 3.95. The summed E-state index contributed by atoms with van der Waals surface area (Å²) < 4.78 is 38.2. The van der Waals surface area contributed by atoms with Gasteiger partial charge < -0.3 is 14.8 Å². The predicted octanol–water partition coefficient (Wildman–Crippen LogP) is 1.53. The number of fused-ring (bicyclic) bond motifs is 1. The zero-order valence-corrected chi connectivity index (χ0v) is 15.2. The molecule has 1 saturated heterocycles. The van der Waals surface area contributed by atoms with Gasteiger partial charge in [0.25, 0.3) is 0 Å². The van der Waals surface area contributed by atoms with Crippen LogP contribution in [0.5, 0.6) is 11.5 Å². The van der Waals surface area contributed by atoms with Crippen molar-refractivity contribution >= 4 is 15.9 Å². The van der Waals surface area contributed by atoms with Gasteiger partial charge in [-0.15, -0.1) is 0 Å². The normalized spacial score (nSPS) is 20.4. The molecule has 25 heavy (non-hydrogen) atoms. The number of unbranched alkanes of at least 4 members (excludes halogenated alkanes) is 1. The maximum absolute atomic E-state index is 13.0. The second-order valence-corrected chi connectivity index (χ2v) is 8.11. The van der Waals surface area contributed by atoms with Crippen LogP contribution < -0.4 is 14.8 Å². The van der Waals surface area contributed by atoms with Gasteiger partial charge in [-0.2, -0.15) is 4.31 Å². The zero-order valence-electron chi connectivity index (χ0n) is 14.4. The van der Waals surface area contributed by atoms with Gasteiger partial charge in [-0.05, 0) is 31.4 Å². The average molecular weight is 368 g/mol. The topological polar surface area (TPSA) is 84.9 Å². The number of carbonyl (C=O) groups is 1. The number of sulfonamides is 1. The van der Waals surface area contributed by atoms with E-state index in [2.05, 4.69) is 5.32 Å². The molecule has 1 atom stereocenters. The Hall–Kier alpha value is -1.80. The first-order chi connectivity index (χ1) is 12.0. The van der Waals surface area contributed by atoms with Crippen LogP contribution >= 0.6 is 0 Å². The Morgan fingerprint density at radius 1 is 1.28 bits per heavy atom. The zero-order chi connectivity index (χ0) is 17.9. The van der Waals surface area contributed by atoms with Crippen molar-refractivity contribution in [3.8, 4) is 11.5 Å². The van der Waals surface area contributed by atoms with Crippen molar-refractivity contribution in [2.45, 2.75) is 43.5 Å². The van der Waals surface area contributed by atoms with Gasteiger partial charge >= 0.3 is 0 Å². The Kier molecular flexibility index (Phi) is 5.48. The van der Waals surface area contributed by atoms with Crippen LogP contribution in [0, 0.1) is 0 Å². The minimum atomic E-state index is -3.76. The van der Waals surface area contributed by atoms with Crippen LogP contribution in [0.4, 0.5) is 0 Å². The van der Waals surface area contributed by atoms with Gasteiger partial charge in [-0.3, -0.25) is 4.79 Å². The third-order valence-corrected chi connectivity index (χ3v) is 6.36. The van der Waals surface area contributed by atoms with Gasteiger partial charge in [0.2, 0.25) is 15.9 Å². The van der Waals surface area contributed by atoms with Gasteiger partial charge in [0.15, 0.2) is 11.5 Å². The Morgan fingerprint density at radius 2 is 2.04 bits per heavy atom. The van der Waals surface area contributed by atoms with Crippen molar-refractivity contribution in [1.82, 2.24) is 9.62 Å². The van der Waals surface area contributed by atoms with E-state index in [1.54, 1.807) is 6.07 Å². The lowest BCUT2D eigenvalue weighted by Crippen LogP contribution is -2.46. The van der Waals surface area contributed by atoms with E-state index in [4.69, 9.17) is 9.47 Å². The van der Waals surface area contributed by atoms with Crippen LogP contribution in [0.3, 0.4) is 0 Å². The molecule has 0 aliphatic carbocycles. The third-order valence-electron chi connectivity index (χ3n) is 4.46. The van der Waals surface area contributed by atoms with Crippen molar-refractivity contribution in [2.24, 2.45) is 0 Å². The van der Waals surface area contributed by atoms with Crippen LogP contribution in [-0.2, 0) is 14.8 Å². The van der Waals surface area contributed by atoms with Gasteiger partial charge in [-0.25, -0.2) is 8.42 Å². The highest BCUT2D eigenvalue weighted by molar-refractivity contribution is 7.89. The Morgan fingerprint density at radius 3 is 2.80 bits per heavy atom. The second-order valence-electron chi connectivity index (χ2n) is 6.22. The largest absolute Gasteiger partial charge is 0.486 e. The lowest BCUT2D eigenvalue weighted by Gasteiger charge is -2.24. The lowest BCUT2D eigenvalue weighted by molar-refractivity contribution is -0.124. The number of carbonyl (C=O) groups excluding carboxylic acids is 1. The first-order valence-corrected chi connectivity index (χ1v) is 10.2.